The molecule has 32 heavy (non-hydrogen) atoms. The summed E-state index contributed by atoms with van der Waals surface area (Å²) in [6.07, 6.45) is 0. The molecule has 2 heterocycles. The zero-order chi connectivity index (χ0) is 22.5. The van der Waals surface area contributed by atoms with Gasteiger partial charge in [-0.15, -0.1) is 16.4 Å². The van der Waals surface area contributed by atoms with Gasteiger partial charge in [0, 0.05) is 18.5 Å². The van der Waals surface area contributed by atoms with Crippen LogP contribution in [-0.4, -0.2) is 40.3 Å². The van der Waals surface area contributed by atoms with E-state index in [9.17, 15) is 14.0 Å². The summed E-state index contributed by atoms with van der Waals surface area (Å²) in [5, 5.41) is 11.6. The molecule has 0 aliphatic carbocycles. The molecule has 0 unspecified atom stereocenters. The standard InChI is InChI=1S/C22H18FN5O3S/c1-31-13-19(29)24-15-4-2-5-16(12-15)25-22(30)20-26-21(18-6-3-11-32-18)28(27-20)17-9-7-14(23)8-10-17/h2-12H,13H2,1H3,(H,24,29)(H,25,30). The van der Waals surface area contributed by atoms with Crippen molar-refractivity contribution in [2.75, 3.05) is 24.4 Å². The monoisotopic (exact) mass is 451 g/mol. The van der Waals surface area contributed by atoms with Crippen molar-refractivity contribution >= 4 is 34.5 Å². The minimum Gasteiger partial charge on any atom is -0.375 e. The van der Waals surface area contributed by atoms with Crippen molar-refractivity contribution in [1.29, 1.82) is 0 Å². The van der Waals surface area contributed by atoms with Gasteiger partial charge in [0.2, 0.25) is 11.7 Å². The first-order valence-corrected chi connectivity index (χ1v) is 10.4. The number of hydrogen-bond donors (Lipinski definition) is 2. The molecule has 0 spiro atoms. The highest BCUT2D eigenvalue weighted by atomic mass is 32.1. The highest BCUT2D eigenvalue weighted by molar-refractivity contribution is 7.13. The van der Waals surface area contributed by atoms with E-state index in [1.54, 1.807) is 36.4 Å². The Hall–Kier alpha value is -3.89. The Labute approximate surface area is 186 Å². The Morgan fingerprint density at radius 3 is 2.50 bits per heavy atom. The maximum absolute atomic E-state index is 13.4. The summed E-state index contributed by atoms with van der Waals surface area (Å²) in [6.45, 7) is -0.0766. The molecule has 2 amide bonds. The Morgan fingerprint density at radius 2 is 1.81 bits per heavy atom. The maximum Gasteiger partial charge on any atom is 0.295 e. The van der Waals surface area contributed by atoms with Crippen LogP contribution in [0.15, 0.2) is 66.0 Å². The summed E-state index contributed by atoms with van der Waals surface area (Å²) in [5.74, 6) is -0.786. The normalized spacial score (nSPS) is 10.7. The molecular weight excluding hydrogens is 433 g/mol. The molecule has 2 aromatic carbocycles. The van der Waals surface area contributed by atoms with Gasteiger partial charge in [-0.2, -0.15) is 0 Å². The Kier molecular flexibility index (Phi) is 6.34. The SMILES string of the molecule is COCC(=O)Nc1cccc(NC(=O)c2nc(-c3cccs3)n(-c3ccc(F)cc3)n2)c1. The molecule has 0 saturated carbocycles. The van der Waals surface area contributed by atoms with Gasteiger partial charge in [-0.25, -0.2) is 14.1 Å². The van der Waals surface area contributed by atoms with Crippen molar-refractivity contribution in [1.82, 2.24) is 14.8 Å². The van der Waals surface area contributed by atoms with Gasteiger partial charge in [0.25, 0.3) is 5.91 Å². The van der Waals surface area contributed by atoms with Crippen molar-refractivity contribution < 1.29 is 18.7 Å². The second-order valence-electron chi connectivity index (χ2n) is 6.64. The van der Waals surface area contributed by atoms with Crippen LogP contribution in [0.1, 0.15) is 10.6 Å². The van der Waals surface area contributed by atoms with Gasteiger partial charge in [-0.05, 0) is 53.9 Å². The summed E-state index contributed by atoms with van der Waals surface area (Å²) in [7, 11) is 1.43. The first-order chi connectivity index (χ1) is 15.5. The lowest BCUT2D eigenvalue weighted by Crippen LogP contribution is -2.18. The fourth-order valence-electron chi connectivity index (χ4n) is 2.93. The van der Waals surface area contributed by atoms with Crippen LogP contribution in [0.4, 0.5) is 15.8 Å². The van der Waals surface area contributed by atoms with Crippen LogP contribution in [-0.2, 0) is 9.53 Å². The molecule has 10 heteroatoms. The van der Waals surface area contributed by atoms with Crippen LogP contribution < -0.4 is 10.6 Å². The van der Waals surface area contributed by atoms with Crippen LogP contribution in [0.25, 0.3) is 16.4 Å². The average molecular weight is 451 g/mol. The van der Waals surface area contributed by atoms with Crippen LogP contribution >= 0.6 is 11.3 Å². The number of thiophene rings is 1. The van der Waals surface area contributed by atoms with Gasteiger partial charge < -0.3 is 15.4 Å². The molecule has 0 radical (unpaired) electrons. The van der Waals surface area contributed by atoms with Crippen molar-refractivity contribution in [2.24, 2.45) is 0 Å². The molecule has 0 atom stereocenters. The van der Waals surface area contributed by atoms with E-state index >= 15 is 0 Å². The van der Waals surface area contributed by atoms with Crippen LogP contribution in [0.3, 0.4) is 0 Å². The van der Waals surface area contributed by atoms with Crippen LogP contribution in [0, 0.1) is 5.82 Å². The zero-order valence-corrected chi connectivity index (χ0v) is 17.7. The summed E-state index contributed by atoms with van der Waals surface area (Å²) >= 11 is 1.45. The van der Waals surface area contributed by atoms with Crippen LogP contribution in [0.2, 0.25) is 0 Å². The number of methoxy groups -OCH3 is 1. The minimum absolute atomic E-state index is 0.0495. The lowest BCUT2D eigenvalue weighted by molar-refractivity contribution is -0.119. The number of rotatable bonds is 7. The number of anilines is 2. The first kappa shape index (κ1) is 21.3. The lowest BCUT2D eigenvalue weighted by atomic mass is 10.2. The third kappa shape index (κ3) is 4.88. The summed E-state index contributed by atoms with van der Waals surface area (Å²) < 4.78 is 19.7. The summed E-state index contributed by atoms with van der Waals surface area (Å²) in [6, 6.07) is 16.2. The van der Waals surface area contributed by atoms with Gasteiger partial charge >= 0.3 is 0 Å². The Balaban J connectivity index is 1.60. The highest BCUT2D eigenvalue weighted by Gasteiger charge is 2.20. The fourth-order valence-corrected chi connectivity index (χ4v) is 3.62. The zero-order valence-electron chi connectivity index (χ0n) is 16.9. The van der Waals surface area contributed by atoms with E-state index < -0.39 is 5.91 Å². The van der Waals surface area contributed by atoms with E-state index in [-0.39, 0.29) is 24.2 Å². The molecule has 162 valence electrons. The molecule has 0 aliphatic heterocycles. The number of nitrogens with zero attached hydrogens (tertiary/aromatic N) is 3. The quantitative estimate of drug-likeness (QED) is 0.443. The molecule has 0 bridgehead atoms. The Bertz CT molecular complexity index is 1240. The van der Waals surface area contributed by atoms with Crippen molar-refractivity contribution in [2.45, 2.75) is 0 Å². The van der Waals surface area contributed by atoms with E-state index in [1.807, 2.05) is 17.5 Å². The van der Waals surface area contributed by atoms with Gasteiger partial charge in [0.1, 0.15) is 12.4 Å². The molecule has 2 N–H and O–H groups in total. The molecule has 8 nitrogen and oxygen atoms in total. The number of carbonyl (C=O) groups is 2. The van der Waals surface area contributed by atoms with Gasteiger partial charge in [-0.3, -0.25) is 9.59 Å². The first-order valence-electron chi connectivity index (χ1n) is 9.50. The average Bonchev–Trinajstić information content (AvgIpc) is 3.45. The third-order valence-corrected chi connectivity index (χ3v) is 5.17. The largest absolute Gasteiger partial charge is 0.375 e. The predicted molar refractivity (Wildman–Crippen MR) is 120 cm³/mol. The molecule has 4 aromatic rings. The second-order valence-corrected chi connectivity index (χ2v) is 7.59. The molecular formula is C22H18FN5O3S. The molecule has 0 saturated heterocycles. The smallest absolute Gasteiger partial charge is 0.295 e. The predicted octanol–water partition coefficient (Wildman–Crippen LogP) is 3.97. The van der Waals surface area contributed by atoms with E-state index in [0.29, 0.717) is 22.9 Å². The van der Waals surface area contributed by atoms with Gasteiger partial charge in [0.15, 0.2) is 5.82 Å². The van der Waals surface area contributed by atoms with Crippen molar-refractivity contribution in [3.8, 4) is 16.4 Å². The number of benzene rings is 2. The summed E-state index contributed by atoms with van der Waals surface area (Å²) in [4.78, 5) is 29.8. The number of amides is 2. The highest BCUT2D eigenvalue weighted by Crippen LogP contribution is 2.26. The number of hydrogen-bond acceptors (Lipinski definition) is 6. The molecule has 4 rings (SSSR count). The molecule has 0 fully saturated rings. The minimum atomic E-state index is -0.524. The van der Waals surface area contributed by atoms with Crippen LogP contribution in [0.5, 0.6) is 0 Å². The molecule has 2 aromatic heterocycles. The maximum atomic E-state index is 13.4. The Morgan fingerprint density at radius 1 is 1.06 bits per heavy atom. The topological polar surface area (TPSA) is 98.1 Å². The number of aromatic nitrogens is 3. The van der Waals surface area contributed by atoms with E-state index in [0.717, 1.165) is 4.88 Å². The number of halogens is 1. The second kappa shape index (κ2) is 9.50. The van der Waals surface area contributed by atoms with E-state index in [4.69, 9.17) is 4.74 Å². The third-order valence-electron chi connectivity index (χ3n) is 4.30. The number of nitrogens with one attached hydrogen (secondary N) is 2. The van der Waals surface area contributed by atoms with Gasteiger partial charge in [-0.1, -0.05) is 12.1 Å². The number of carbonyl (C=O) groups excluding carboxylic acids is 2. The van der Waals surface area contributed by atoms with E-state index in [1.165, 1.54) is 35.3 Å². The van der Waals surface area contributed by atoms with Gasteiger partial charge in [0.05, 0.1) is 10.6 Å². The number of ether oxygens (including phenoxy) is 1. The lowest BCUT2D eigenvalue weighted by Gasteiger charge is -2.07. The van der Waals surface area contributed by atoms with Crippen molar-refractivity contribution in [3.05, 3.63) is 77.7 Å². The molecule has 0 aliphatic rings. The fraction of sp³-hybridized carbons (Fsp3) is 0.0909. The van der Waals surface area contributed by atoms with E-state index in [2.05, 4.69) is 20.7 Å². The summed E-state index contributed by atoms with van der Waals surface area (Å²) in [5.41, 5.74) is 1.54. The van der Waals surface area contributed by atoms with Crippen molar-refractivity contribution in [3.63, 3.8) is 0 Å².